The van der Waals surface area contributed by atoms with Gasteiger partial charge in [-0.2, -0.15) is 0 Å². The smallest absolute Gasteiger partial charge is 0.295 e. The number of carbonyl (C=O) groups is 2. The summed E-state index contributed by atoms with van der Waals surface area (Å²) in [5.41, 5.74) is 1.02. The van der Waals surface area contributed by atoms with E-state index in [1.165, 1.54) is 4.90 Å². The SMILES string of the molecule is CCCOc1cccc(C2C(=C([O-])c3ccc(OCC)cc3)C(=O)C(=O)N2CC[NH+]2CCOCC2)c1. The molecule has 0 spiro atoms. The van der Waals surface area contributed by atoms with Crippen LogP contribution in [-0.2, 0) is 14.3 Å². The van der Waals surface area contributed by atoms with Crippen molar-refractivity contribution in [1.82, 2.24) is 4.90 Å². The molecule has 8 heteroatoms. The second kappa shape index (κ2) is 12.1. The maximum atomic E-state index is 13.6. The van der Waals surface area contributed by atoms with E-state index in [2.05, 4.69) is 0 Å². The van der Waals surface area contributed by atoms with Gasteiger partial charge in [-0.05, 0) is 48.7 Å². The largest absolute Gasteiger partial charge is 0.872 e. The first kappa shape index (κ1) is 25.7. The average Bonchev–Trinajstić information content (AvgIpc) is 3.16. The molecule has 2 saturated heterocycles. The zero-order valence-electron chi connectivity index (χ0n) is 21.0. The number of morpholine rings is 1. The third-order valence-electron chi connectivity index (χ3n) is 6.51. The molecule has 0 radical (unpaired) electrons. The monoisotopic (exact) mass is 494 g/mol. The molecule has 2 aliphatic rings. The molecule has 0 saturated carbocycles. The Kier molecular flexibility index (Phi) is 8.61. The number of hydrogen-bond acceptors (Lipinski definition) is 6. The van der Waals surface area contributed by atoms with E-state index in [1.807, 2.05) is 38.1 Å². The molecule has 4 rings (SSSR count). The number of carbonyl (C=O) groups excluding carboxylic acids is 2. The Balaban J connectivity index is 1.71. The molecule has 2 fully saturated rings. The highest BCUT2D eigenvalue weighted by Gasteiger charge is 2.44. The molecule has 192 valence electrons. The highest BCUT2D eigenvalue weighted by molar-refractivity contribution is 6.46. The lowest BCUT2D eigenvalue weighted by Gasteiger charge is -2.30. The minimum absolute atomic E-state index is 0.0196. The van der Waals surface area contributed by atoms with E-state index < -0.39 is 23.5 Å². The molecule has 2 aliphatic heterocycles. The maximum Gasteiger partial charge on any atom is 0.295 e. The first-order valence-corrected chi connectivity index (χ1v) is 12.7. The van der Waals surface area contributed by atoms with Crippen LogP contribution in [0, 0.1) is 0 Å². The van der Waals surface area contributed by atoms with E-state index in [0.29, 0.717) is 62.1 Å². The van der Waals surface area contributed by atoms with Gasteiger partial charge in [0.25, 0.3) is 5.91 Å². The normalized spacial score (nSPS) is 20.1. The predicted octanol–water partition coefficient (Wildman–Crippen LogP) is 1.01. The maximum absolute atomic E-state index is 13.6. The molecule has 1 amide bonds. The number of rotatable bonds is 10. The van der Waals surface area contributed by atoms with Crippen molar-refractivity contribution in [2.24, 2.45) is 0 Å². The van der Waals surface area contributed by atoms with E-state index >= 15 is 0 Å². The second-order valence-electron chi connectivity index (χ2n) is 8.96. The van der Waals surface area contributed by atoms with E-state index in [9.17, 15) is 14.7 Å². The van der Waals surface area contributed by atoms with Crippen LogP contribution >= 0.6 is 0 Å². The van der Waals surface area contributed by atoms with Crippen molar-refractivity contribution in [1.29, 1.82) is 0 Å². The molecular weight excluding hydrogens is 460 g/mol. The molecule has 0 bridgehead atoms. The van der Waals surface area contributed by atoms with Crippen molar-refractivity contribution >= 4 is 17.4 Å². The summed E-state index contributed by atoms with van der Waals surface area (Å²) in [6, 6.07) is 13.2. The minimum atomic E-state index is -0.769. The molecule has 2 heterocycles. The quantitative estimate of drug-likeness (QED) is 0.301. The van der Waals surface area contributed by atoms with Crippen LogP contribution in [0.5, 0.6) is 11.5 Å². The Hall–Kier alpha value is -3.36. The average molecular weight is 495 g/mol. The lowest BCUT2D eigenvalue weighted by Crippen LogP contribution is -3.14. The fourth-order valence-corrected chi connectivity index (χ4v) is 4.66. The predicted molar refractivity (Wildman–Crippen MR) is 133 cm³/mol. The number of quaternary nitrogens is 1. The molecular formula is C28H34N2O6. The summed E-state index contributed by atoms with van der Waals surface area (Å²) >= 11 is 0. The highest BCUT2D eigenvalue weighted by Crippen LogP contribution is 2.39. The van der Waals surface area contributed by atoms with E-state index in [-0.39, 0.29) is 5.57 Å². The summed E-state index contributed by atoms with van der Waals surface area (Å²) in [5.74, 6) is -0.534. The number of hydrogen-bond donors (Lipinski definition) is 1. The Morgan fingerprint density at radius 2 is 1.81 bits per heavy atom. The molecule has 2 aromatic rings. The van der Waals surface area contributed by atoms with Crippen molar-refractivity contribution in [3.05, 3.63) is 65.2 Å². The number of likely N-dealkylation sites (tertiary alicyclic amines) is 1. The second-order valence-corrected chi connectivity index (χ2v) is 8.96. The van der Waals surface area contributed by atoms with Crippen LogP contribution in [0.1, 0.15) is 37.4 Å². The van der Waals surface area contributed by atoms with Gasteiger partial charge in [0.1, 0.15) is 24.6 Å². The fraction of sp³-hybridized carbons (Fsp3) is 0.429. The number of Topliss-reactive ketones (excluding diaryl/α,β-unsaturated/α-hetero) is 1. The molecule has 8 nitrogen and oxygen atoms in total. The number of ether oxygens (including phenoxy) is 3. The summed E-state index contributed by atoms with van der Waals surface area (Å²) < 4.78 is 16.7. The lowest BCUT2D eigenvalue weighted by molar-refractivity contribution is -0.907. The van der Waals surface area contributed by atoms with Gasteiger partial charge < -0.3 is 29.1 Å². The van der Waals surface area contributed by atoms with Crippen molar-refractivity contribution in [2.45, 2.75) is 26.3 Å². The number of ketones is 1. The Morgan fingerprint density at radius 3 is 2.50 bits per heavy atom. The first-order valence-electron chi connectivity index (χ1n) is 12.7. The zero-order chi connectivity index (χ0) is 25.5. The Labute approximate surface area is 212 Å². The summed E-state index contributed by atoms with van der Waals surface area (Å²) in [5, 5.41) is 13.6. The Morgan fingerprint density at radius 1 is 1.06 bits per heavy atom. The van der Waals surface area contributed by atoms with Crippen molar-refractivity contribution in [3.8, 4) is 11.5 Å². The van der Waals surface area contributed by atoms with Gasteiger partial charge in [-0.25, -0.2) is 0 Å². The topological polar surface area (TPSA) is 92.6 Å². The van der Waals surface area contributed by atoms with Crippen LogP contribution in [0.4, 0.5) is 0 Å². The standard InChI is InChI=1S/C28H34N2O6/c1-3-16-36-23-7-5-6-21(19-23)25-24(26(31)20-8-10-22(11-9-20)35-4-2)27(32)28(33)30(25)13-12-29-14-17-34-18-15-29/h5-11,19,25,31H,3-4,12-18H2,1-2H3. The van der Waals surface area contributed by atoms with Gasteiger partial charge in [0.15, 0.2) is 0 Å². The molecule has 36 heavy (non-hydrogen) atoms. The third kappa shape index (κ3) is 5.71. The summed E-state index contributed by atoms with van der Waals surface area (Å²) in [6.07, 6.45) is 0.854. The Bertz CT molecular complexity index is 1090. The van der Waals surface area contributed by atoms with Gasteiger partial charge in [-0.3, -0.25) is 9.59 Å². The summed E-state index contributed by atoms with van der Waals surface area (Å²) in [7, 11) is 0. The van der Waals surface area contributed by atoms with E-state index in [0.717, 1.165) is 19.5 Å². The third-order valence-corrected chi connectivity index (χ3v) is 6.51. The van der Waals surface area contributed by atoms with Gasteiger partial charge in [-0.15, -0.1) is 0 Å². The number of nitrogens with zero attached hydrogens (tertiary/aromatic N) is 1. The van der Waals surface area contributed by atoms with Gasteiger partial charge in [0, 0.05) is 5.57 Å². The molecule has 1 unspecified atom stereocenters. The van der Waals surface area contributed by atoms with Crippen LogP contribution in [-0.4, -0.2) is 69.2 Å². The molecule has 2 aromatic carbocycles. The van der Waals surface area contributed by atoms with Gasteiger partial charge in [0.2, 0.25) is 5.78 Å². The summed E-state index contributed by atoms with van der Waals surface area (Å²) in [4.78, 5) is 29.3. The van der Waals surface area contributed by atoms with Crippen molar-refractivity contribution in [2.75, 3.05) is 52.6 Å². The number of amides is 1. The van der Waals surface area contributed by atoms with Crippen molar-refractivity contribution in [3.63, 3.8) is 0 Å². The summed E-state index contributed by atoms with van der Waals surface area (Å²) in [6.45, 7) is 9.06. The van der Waals surface area contributed by atoms with Gasteiger partial charge in [0.05, 0.1) is 45.6 Å². The van der Waals surface area contributed by atoms with Crippen LogP contribution in [0.2, 0.25) is 0 Å². The van der Waals surface area contributed by atoms with Crippen molar-refractivity contribution < 1.29 is 33.8 Å². The minimum Gasteiger partial charge on any atom is -0.872 e. The lowest BCUT2D eigenvalue weighted by atomic mass is 9.95. The molecule has 1 atom stereocenters. The van der Waals surface area contributed by atoms with Gasteiger partial charge in [-0.1, -0.05) is 36.9 Å². The van der Waals surface area contributed by atoms with Crippen LogP contribution < -0.4 is 19.5 Å². The number of benzene rings is 2. The van der Waals surface area contributed by atoms with E-state index in [4.69, 9.17) is 14.2 Å². The van der Waals surface area contributed by atoms with E-state index in [1.54, 1.807) is 29.2 Å². The van der Waals surface area contributed by atoms with Crippen LogP contribution in [0.3, 0.4) is 0 Å². The fourth-order valence-electron chi connectivity index (χ4n) is 4.66. The first-order chi connectivity index (χ1) is 17.5. The molecule has 1 N–H and O–H groups in total. The zero-order valence-corrected chi connectivity index (χ0v) is 21.0. The molecule has 0 aliphatic carbocycles. The van der Waals surface area contributed by atoms with Crippen LogP contribution in [0.25, 0.3) is 5.76 Å². The van der Waals surface area contributed by atoms with Crippen LogP contribution in [0.15, 0.2) is 54.1 Å². The highest BCUT2D eigenvalue weighted by atomic mass is 16.5. The van der Waals surface area contributed by atoms with Gasteiger partial charge >= 0.3 is 0 Å². The molecule has 0 aromatic heterocycles. The number of nitrogens with one attached hydrogen (secondary N) is 1.